The number of aryl methyl sites for hydroxylation is 3. The van der Waals surface area contributed by atoms with Crippen molar-refractivity contribution in [2.24, 2.45) is 0 Å². The van der Waals surface area contributed by atoms with Gasteiger partial charge < -0.3 is 5.32 Å². The predicted molar refractivity (Wildman–Crippen MR) is 82.1 cm³/mol. The van der Waals surface area contributed by atoms with Crippen molar-refractivity contribution in [3.8, 4) is 0 Å². The predicted octanol–water partition coefficient (Wildman–Crippen LogP) is 3.01. The summed E-state index contributed by atoms with van der Waals surface area (Å²) in [6.45, 7) is 7.96. The quantitative estimate of drug-likeness (QED) is 0.801. The monoisotopic (exact) mass is 286 g/mol. The Morgan fingerprint density at radius 3 is 2.90 bits per heavy atom. The van der Waals surface area contributed by atoms with E-state index in [4.69, 9.17) is 0 Å². The molecule has 20 heavy (non-hydrogen) atoms. The van der Waals surface area contributed by atoms with Crippen LogP contribution in [0.15, 0.2) is 23.8 Å². The van der Waals surface area contributed by atoms with Crippen molar-refractivity contribution in [3.05, 3.63) is 52.0 Å². The molecule has 0 unspecified atom stereocenters. The lowest BCUT2D eigenvalue weighted by atomic mass is 10.1. The smallest absolute Gasteiger partial charge is 0.194 e. The van der Waals surface area contributed by atoms with Gasteiger partial charge in [-0.3, -0.25) is 9.38 Å². The van der Waals surface area contributed by atoms with Crippen LogP contribution in [0.2, 0.25) is 0 Å². The van der Waals surface area contributed by atoms with Gasteiger partial charge in [0.15, 0.2) is 4.96 Å². The molecule has 0 atom stereocenters. The molecule has 0 amide bonds. The van der Waals surface area contributed by atoms with Gasteiger partial charge in [-0.25, -0.2) is 4.98 Å². The number of hydrogen-bond acceptors (Lipinski definition) is 4. The number of rotatable bonds is 4. The Labute approximate surface area is 122 Å². The minimum absolute atomic E-state index is 0.818. The molecule has 5 heteroatoms. The molecule has 0 saturated carbocycles. The summed E-state index contributed by atoms with van der Waals surface area (Å²) in [5, 5.41) is 5.65. The SMILES string of the molecule is Cc1ccncc1CNCc1c(C)nc2scc(C)n12. The first-order valence-corrected chi connectivity index (χ1v) is 7.57. The molecule has 3 aromatic heterocycles. The van der Waals surface area contributed by atoms with Crippen LogP contribution in [0.1, 0.15) is 28.2 Å². The lowest BCUT2D eigenvalue weighted by Gasteiger charge is -2.08. The molecular weight excluding hydrogens is 268 g/mol. The summed E-state index contributed by atoms with van der Waals surface area (Å²) in [7, 11) is 0. The van der Waals surface area contributed by atoms with Crippen LogP contribution in [0.5, 0.6) is 0 Å². The Hall–Kier alpha value is -1.72. The summed E-state index contributed by atoms with van der Waals surface area (Å²) in [5.74, 6) is 0. The van der Waals surface area contributed by atoms with Crippen molar-refractivity contribution in [1.82, 2.24) is 19.7 Å². The van der Waals surface area contributed by atoms with Crippen molar-refractivity contribution in [2.45, 2.75) is 33.9 Å². The molecular formula is C15H18N4S. The van der Waals surface area contributed by atoms with Crippen molar-refractivity contribution in [2.75, 3.05) is 0 Å². The topological polar surface area (TPSA) is 42.2 Å². The first-order valence-electron chi connectivity index (χ1n) is 6.69. The van der Waals surface area contributed by atoms with Gasteiger partial charge in [-0.15, -0.1) is 11.3 Å². The summed E-state index contributed by atoms with van der Waals surface area (Å²) >= 11 is 1.70. The standard InChI is InChI=1S/C15H18N4S/c1-10-4-5-16-6-13(10)7-17-8-14-12(3)18-15-19(14)11(2)9-20-15/h4-6,9,17H,7-8H2,1-3H3. The van der Waals surface area contributed by atoms with Gasteiger partial charge in [-0.05, 0) is 38.0 Å². The summed E-state index contributed by atoms with van der Waals surface area (Å²) in [5.41, 5.74) is 6.12. The molecule has 0 radical (unpaired) electrons. The van der Waals surface area contributed by atoms with Crippen molar-refractivity contribution in [1.29, 1.82) is 0 Å². The Morgan fingerprint density at radius 1 is 1.25 bits per heavy atom. The lowest BCUT2D eigenvalue weighted by Crippen LogP contribution is -2.16. The number of aromatic nitrogens is 3. The first-order chi connectivity index (χ1) is 9.66. The van der Waals surface area contributed by atoms with Crippen LogP contribution in [-0.2, 0) is 13.1 Å². The molecule has 0 aliphatic carbocycles. The summed E-state index contributed by atoms with van der Waals surface area (Å²) < 4.78 is 2.24. The number of thiazole rings is 1. The minimum Gasteiger partial charge on any atom is -0.307 e. The van der Waals surface area contributed by atoms with Crippen LogP contribution in [-0.4, -0.2) is 14.4 Å². The summed E-state index contributed by atoms with van der Waals surface area (Å²) in [4.78, 5) is 9.86. The van der Waals surface area contributed by atoms with Crippen LogP contribution in [0.25, 0.3) is 4.96 Å². The zero-order valence-electron chi connectivity index (χ0n) is 12.0. The molecule has 0 aliphatic heterocycles. The van der Waals surface area contributed by atoms with E-state index in [-0.39, 0.29) is 0 Å². The lowest BCUT2D eigenvalue weighted by molar-refractivity contribution is 0.667. The molecule has 4 nitrogen and oxygen atoms in total. The van der Waals surface area contributed by atoms with Crippen LogP contribution in [0.3, 0.4) is 0 Å². The highest BCUT2D eigenvalue weighted by atomic mass is 32.1. The van der Waals surface area contributed by atoms with Gasteiger partial charge in [0.2, 0.25) is 0 Å². The molecule has 104 valence electrons. The highest BCUT2D eigenvalue weighted by Gasteiger charge is 2.11. The molecule has 0 aliphatic rings. The molecule has 3 aromatic rings. The summed E-state index contributed by atoms with van der Waals surface area (Å²) in [6.07, 6.45) is 3.76. The van der Waals surface area contributed by atoms with E-state index < -0.39 is 0 Å². The highest BCUT2D eigenvalue weighted by Crippen LogP contribution is 2.20. The number of imidazole rings is 1. The average molecular weight is 286 g/mol. The number of pyridine rings is 1. The van der Waals surface area contributed by atoms with E-state index in [1.807, 2.05) is 18.5 Å². The minimum atomic E-state index is 0.818. The number of hydrogen-bond donors (Lipinski definition) is 1. The second-order valence-corrected chi connectivity index (χ2v) is 5.88. The van der Waals surface area contributed by atoms with Gasteiger partial charge in [-0.1, -0.05) is 0 Å². The van der Waals surface area contributed by atoms with Crippen LogP contribution in [0.4, 0.5) is 0 Å². The van der Waals surface area contributed by atoms with E-state index >= 15 is 0 Å². The fraction of sp³-hybridized carbons (Fsp3) is 0.333. The van der Waals surface area contributed by atoms with Crippen molar-refractivity contribution in [3.63, 3.8) is 0 Å². The maximum absolute atomic E-state index is 4.61. The van der Waals surface area contributed by atoms with Gasteiger partial charge >= 0.3 is 0 Å². The van der Waals surface area contributed by atoms with E-state index in [1.165, 1.54) is 22.5 Å². The van der Waals surface area contributed by atoms with E-state index in [9.17, 15) is 0 Å². The Kier molecular flexibility index (Phi) is 3.54. The van der Waals surface area contributed by atoms with E-state index in [2.05, 4.69) is 45.8 Å². The molecule has 1 N–H and O–H groups in total. The van der Waals surface area contributed by atoms with Crippen molar-refractivity contribution < 1.29 is 0 Å². The summed E-state index contributed by atoms with van der Waals surface area (Å²) in [6, 6.07) is 2.04. The number of nitrogens with one attached hydrogen (secondary N) is 1. The van der Waals surface area contributed by atoms with Gasteiger partial charge in [0, 0.05) is 36.6 Å². The highest BCUT2D eigenvalue weighted by molar-refractivity contribution is 7.15. The maximum Gasteiger partial charge on any atom is 0.194 e. The molecule has 0 fully saturated rings. The fourth-order valence-corrected chi connectivity index (χ4v) is 3.30. The zero-order valence-corrected chi connectivity index (χ0v) is 12.8. The van der Waals surface area contributed by atoms with Crippen molar-refractivity contribution >= 4 is 16.3 Å². The third kappa shape index (κ3) is 2.34. The molecule has 3 rings (SSSR count). The number of fused-ring (bicyclic) bond motifs is 1. The third-order valence-corrected chi connectivity index (χ3v) is 4.53. The van der Waals surface area contributed by atoms with Crippen LogP contribution < -0.4 is 5.32 Å². The van der Waals surface area contributed by atoms with Gasteiger partial charge in [0.05, 0.1) is 11.4 Å². The third-order valence-electron chi connectivity index (χ3n) is 3.59. The van der Waals surface area contributed by atoms with Crippen LogP contribution >= 0.6 is 11.3 Å². The normalized spacial score (nSPS) is 11.3. The molecule has 3 heterocycles. The van der Waals surface area contributed by atoms with E-state index in [0.29, 0.717) is 0 Å². The second kappa shape index (κ2) is 5.34. The van der Waals surface area contributed by atoms with Gasteiger partial charge in [0.25, 0.3) is 0 Å². The first kappa shape index (κ1) is 13.3. The Morgan fingerprint density at radius 2 is 2.10 bits per heavy atom. The fourth-order valence-electron chi connectivity index (χ4n) is 2.37. The molecule has 0 aromatic carbocycles. The zero-order chi connectivity index (χ0) is 14.1. The van der Waals surface area contributed by atoms with E-state index in [0.717, 1.165) is 23.7 Å². The number of nitrogens with zero attached hydrogens (tertiary/aromatic N) is 3. The van der Waals surface area contributed by atoms with Gasteiger partial charge in [-0.2, -0.15) is 0 Å². The second-order valence-electron chi connectivity index (χ2n) is 5.04. The largest absolute Gasteiger partial charge is 0.307 e. The Balaban J connectivity index is 1.76. The molecule has 0 bridgehead atoms. The van der Waals surface area contributed by atoms with E-state index in [1.54, 1.807) is 11.3 Å². The van der Waals surface area contributed by atoms with Gasteiger partial charge in [0.1, 0.15) is 0 Å². The molecule has 0 saturated heterocycles. The maximum atomic E-state index is 4.61. The van der Waals surface area contributed by atoms with Crippen LogP contribution in [0, 0.1) is 20.8 Å². The molecule has 0 spiro atoms. The Bertz CT molecular complexity index is 741. The average Bonchev–Trinajstić information content (AvgIpc) is 2.93.